The molecule has 1 aromatic rings. The molecule has 1 aromatic heterocycles. The zero-order chi connectivity index (χ0) is 9.14. The summed E-state index contributed by atoms with van der Waals surface area (Å²) in [6, 6.07) is 0. The molecule has 3 nitrogen and oxygen atoms in total. The van der Waals surface area contributed by atoms with Gasteiger partial charge >= 0.3 is 0 Å². The predicted octanol–water partition coefficient (Wildman–Crippen LogP) is 1.19. The number of carbonyl (C=O) groups excluding carboxylic acids is 1. The zero-order valence-corrected chi connectivity index (χ0v) is 7.94. The van der Waals surface area contributed by atoms with Gasteiger partial charge in [-0.1, -0.05) is 0 Å². The van der Waals surface area contributed by atoms with Crippen LogP contribution in [0.3, 0.4) is 0 Å². The Bertz CT molecular complexity index is 293. The molecule has 1 N–H and O–H groups in total. The van der Waals surface area contributed by atoms with Crippen molar-refractivity contribution < 1.29 is 9.90 Å². The zero-order valence-electron chi connectivity index (χ0n) is 7.13. The lowest BCUT2D eigenvalue weighted by Gasteiger charge is -1.90. The maximum absolute atomic E-state index is 10.9. The fourth-order valence-electron chi connectivity index (χ4n) is 0.912. The van der Waals surface area contributed by atoms with E-state index in [1.54, 1.807) is 0 Å². The van der Waals surface area contributed by atoms with Gasteiger partial charge in [0.25, 0.3) is 0 Å². The number of nitrogens with zero attached hydrogens (tertiary/aromatic N) is 1. The number of aliphatic hydroxyl groups is 1. The number of hydrogen-bond acceptors (Lipinski definition) is 4. The van der Waals surface area contributed by atoms with Crippen LogP contribution in [0, 0.1) is 6.92 Å². The molecular formula is C8H11NO2S. The van der Waals surface area contributed by atoms with Crippen LogP contribution in [0.1, 0.15) is 27.3 Å². The van der Waals surface area contributed by atoms with Crippen molar-refractivity contribution >= 4 is 17.1 Å². The number of aromatic nitrogens is 1. The van der Waals surface area contributed by atoms with Crippen molar-refractivity contribution in [3.05, 3.63) is 15.6 Å². The standard InChI is InChI=1S/C8H11NO2S/c1-5-7(3-4-10)12-8(9-5)6(2)11/h10H,3-4H2,1-2H3. The fourth-order valence-corrected chi connectivity index (χ4v) is 1.86. The molecule has 0 saturated carbocycles. The lowest BCUT2D eigenvalue weighted by atomic mass is 10.3. The minimum atomic E-state index is -0.00714. The molecule has 0 radical (unpaired) electrons. The minimum absolute atomic E-state index is 0.00714. The van der Waals surface area contributed by atoms with Crippen LogP contribution in [0.15, 0.2) is 0 Å². The van der Waals surface area contributed by atoms with Gasteiger partial charge in [0.1, 0.15) is 0 Å². The van der Waals surface area contributed by atoms with E-state index in [4.69, 9.17) is 5.11 Å². The first-order valence-electron chi connectivity index (χ1n) is 3.73. The topological polar surface area (TPSA) is 50.2 Å². The van der Waals surface area contributed by atoms with Crippen molar-refractivity contribution in [3.63, 3.8) is 0 Å². The number of aliphatic hydroxyl groups excluding tert-OH is 1. The third kappa shape index (κ3) is 1.89. The molecule has 0 aliphatic carbocycles. The number of hydrogen-bond donors (Lipinski definition) is 1. The average molecular weight is 185 g/mol. The maximum Gasteiger partial charge on any atom is 0.188 e. The molecule has 0 spiro atoms. The summed E-state index contributed by atoms with van der Waals surface area (Å²) in [4.78, 5) is 16.0. The SMILES string of the molecule is CC(=O)c1nc(C)c(CCO)s1. The molecule has 12 heavy (non-hydrogen) atoms. The molecule has 0 saturated heterocycles. The van der Waals surface area contributed by atoms with Gasteiger partial charge in [0.05, 0.1) is 5.69 Å². The van der Waals surface area contributed by atoms with Gasteiger partial charge < -0.3 is 5.11 Å². The molecule has 0 fully saturated rings. The lowest BCUT2D eigenvalue weighted by molar-refractivity contribution is 0.101. The van der Waals surface area contributed by atoms with E-state index in [1.807, 2.05) is 6.92 Å². The van der Waals surface area contributed by atoms with E-state index in [0.717, 1.165) is 10.6 Å². The fraction of sp³-hybridized carbons (Fsp3) is 0.500. The summed E-state index contributed by atoms with van der Waals surface area (Å²) in [5.74, 6) is -0.00714. The summed E-state index contributed by atoms with van der Waals surface area (Å²) in [6.07, 6.45) is 0.594. The number of Topliss-reactive ketones (excluding diaryl/α,β-unsaturated/α-hetero) is 1. The molecular weight excluding hydrogens is 174 g/mol. The van der Waals surface area contributed by atoms with Crippen LogP contribution < -0.4 is 0 Å². The highest BCUT2D eigenvalue weighted by Crippen LogP contribution is 2.18. The van der Waals surface area contributed by atoms with Crippen LogP contribution in [0.25, 0.3) is 0 Å². The van der Waals surface area contributed by atoms with Gasteiger partial charge in [-0.25, -0.2) is 4.98 Å². The monoisotopic (exact) mass is 185 g/mol. The molecule has 1 heterocycles. The third-order valence-electron chi connectivity index (χ3n) is 1.53. The number of thiazole rings is 1. The number of carbonyl (C=O) groups is 1. The van der Waals surface area contributed by atoms with Crippen molar-refractivity contribution in [2.24, 2.45) is 0 Å². The van der Waals surface area contributed by atoms with Gasteiger partial charge in [0.2, 0.25) is 0 Å². The largest absolute Gasteiger partial charge is 0.396 e. The van der Waals surface area contributed by atoms with E-state index in [0.29, 0.717) is 11.4 Å². The summed E-state index contributed by atoms with van der Waals surface area (Å²) < 4.78 is 0. The van der Waals surface area contributed by atoms with E-state index in [2.05, 4.69) is 4.98 Å². The summed E-state index contributed by atoms with van der Waals surface area (Å²) in [5.41, 5.74) is 0.860. The molecule has 1 rings (SSSR count). The average Bonchev–Trinajstić information content (AvgIpc) is 2.34. The molecule has 0 aromatic carbocycles. The summed E-state index contributed by atoms with van der Waals surface area (Å²) in [5, 5.41) is 9.22. The first-order chi connectivity index (χ1) is 5.65. The highest BCUT2D eigenvalue weighted by molar-refractivity contribution is 7.13. The minimum Gasteiger partial charge on any atom is -0.396 e. The lowest BCUT2D eigenvalue weighted by Crippen LogP contribution is -1.89. The molecule has 0 amide bonds. The predicted molar refractivity (Wildman–Crippen MR) is 47.6 cm³/mol. The van der Waals surface area contributed by atoms with Crippen LogP contribution in [-0.4, -0.2) is 22.5 Å². The molecule has 0 bridgehead atoms. The van der Waals surface area contributed by atoms with Crippen LogP contribution in [-0.2, 0) is 6.42 Å². The van der Waals surface area contributed by atoms with E-state index < -0.39 is 0 Å². The van der Waals surface area contributed by atoms with Gasteiger partial charge in [0, 0.05) is 24.8 Å². The van der Waals surface area contributed by atoms with Crippen molar-refractivity contribution in [2.75, 3.05) is 6.61 Å². The van der Waals surface area contributed by atoms with Crippen LogP contribution in [0.2, 0.25) is 0 Å². The molecule has 0 aliphatic rings. The van der Waals surface area contributed by atoms with Crippen molar-refractivity contribution in [1.29, 1.82) is 0 Å². The molecule has 0 aliphatic heterocycles. The van der Waals surface area contributed by atoms with Crippen LogP contribution >= 0.6 is 11.3 Å². The first-order valence-corrected chi connectivity index (χ1v) is 4.55. The quantitative estimate of drug-likeness (QED) is 0.719. The highest BCUT2D eigenvalue weighted by atomic mass is 32.1. The summed E-state index contributed by atoms with van der Waals surface area (Å²) in [7, 11) is 0. The second kappa shape index (κ2) is 3.78. The Hall–Kier alpha value is -0.740. The highest BCUT2D eigenvalue weighted by Gasteiger charge is 2.09. The van der Waals surface area contributed by atoms with Gasteiger partial charge in [-0.15, -0.1) is 11.3 Å². The van der Waals surface area contributed by atoms with E-state index in [9.17, 15) is 4.79 Å². The van der Waals surface area contributed by atoms with Gasteiger partial charge in [-0.05, 0) is 6.92 Å². The van der Waals surface area contributed by atoms with E-state index >= 15 is 0 Å². The van der Waals surface area contributed by atoms with Crippen LogP contribution in [0.5, 0.6) is 0 Å². The van der Waals surface area contributed by atoms with Gasteiger partial charge in [-0.2, -0.15) is 0 Å². The van der Waals surface area contributed by atoms with E-state index in [1.165, 1.54) is 18.3 Å². The Labute approximate surface area is 75.1 Å². The normalized spacial score (nSPS) is 10.2. The van der Waals surface area contributed by atoms with Crippen molar-refractivity contribution in [3.8, 4) is 0 Å². The molecule has 4 heteroatoms. The Kier molecular flexibility index (Phi) is 2.94. The smallest absolute Gasteiger partial charge is 0.188 e. The van der Waals surface area contributed by atoms with Crippen molar-refractivity contribution in [1.82, 2.24) is 4.98 Å². The van der Waals surface area contributed by atoms with Gasteiger partial charge in [-0.3, -0.25) is 4.79 Å². The van der Waals surface area contributed by atoms with Gasteiger partial charge in [0.15, 0.2) is 10.8 Å². The van der Waals surface area contributed by atoms with Crippen molar-refractivity contribution in [2.45, 2.75) is 20.3 Å². The van der Waals surface area contributed by atoms with Crippen LogP contribution in [0.4, 0.5) is 0 Å². The summed E-state index contributed by atoms with van der Waals surface area (Å²) >= 11 is 1.37. The second-order valence-electron chi connectivity index (χ2n) is 2.56. The summed E-state index contributed by atoms with van der Waals surface area (Å²) in [6.45, 7) is 3.47. The number of rotatable bonds is 3. The maximum atomic E-state index is 10.9. The Morgan fingerprint density at radius 2 is 2.33 bits per heavy atom. The molecule has 0 atom stereocenters. The number of aryl methyl sites for hydroxylation is 1. The Morgan fingerprint density at radius 3 is 2.75 bits per heavy atom. The Balaban J connectivity index is 2.92. The second-order valence-corrected chi connectivity index (χ2v) is 3.64. The molecule has 66 valence electrons. The first kappa shape index (κ1) is 9.35. The number of ketones is 1. The molecule has 0 unspecified atom stereocenters. The van der Waals surface area contributed by atoms with E-state index in [-0.39, 0.29) is 12.4 Å². The third-order valence-corrected chi connectivity index (χ3v) is 2.85. The Morgan fingerprint density at radius 1 is 1.67 bits per heavy atom.